The number of aliphatic hydroxyl groups excluding tert-OH is 1. The maximum Gasteiger partial charge on any atom is 0.328 e. The second-order valence-corrected chi connectivity index (χ2v) is 8.91. The van der Waals surface area contributed by atoms with Crippen LogP contribution in [0.1, 0.15) is 104 Å². The first-order chi connectivity index (χ1) is 11.5. The Balaban J connectivity index is 3.40. The van der Waals surface area contributed by atoms with E-state index in [1.807, 2.05) is 6.92 Å². The highest BCUT2D eigenvalue weighted by Crippen LogP contribution is 2.43. The summed E-state index contributed by atoms with van der Waals surface area (Å²) < 4.78 is 17.1. The Labute approximate surface area is 149 Å². The lowest BCUT2D eigenvalue weighted by molar-refractivity contribution is 0.156. The van der Waals surface area contributed by atoms with Crippen LogP contribution in [0.4, 0.5) is 0 Å². The molecule has 2 atom stereocenters. The third-order valence-electron chi connectivity index (χ3n) is 4.49. The zero-order chi connectivity index (χ0) is 18.1. The molecule has 0 saturated carbocycles. The molecule has 0 aromatic carbocycles. The predicted octanol–water partition coefficient (Wildman–Crippen LogP) is 6.05. The topological polar surface area (TPSA) is 66.8 Å². The van der Waals surface area contributed by atoms with Crippen LogP contribution >= 0.6 is 7.60 Å². The molecule has 0 aliphatic rings. The van der Waals surface area contributed by atoms with Gasteiger partial charge in [-0.15, -0.1) is 0 Å². The first kappa shape index (κ1) is 24.1. The van der Waals surface area contributed by atoms with Crippen LogP contribution in [0.2, 0.25) is 0 Å². The van der Waals surface area contributed by atoms with E-state index in [0.717, 1.165) is 57.8 Å². The summed E-state index contributed by atoms with van der Waals surface area (Å²) in [5.41, 5.74) is 0. The largest absolute Gasteiger partial charge is 0.393 e. The summed E-state index contributed by atoms with van der Waals surface area (Å²) in [4.78, 5) is 9.79. The summed E-state index contributed by atoms with van der Waals surface area (Å²) in [7, 11) is -3.37. The average molecular weight is 365 g/mol. The molecular weight excluding hydrogens is 323 g/mol. The van der Waals surface area contributed by atoms with Crippen molar-refractivity contribution in [2.45, 2.75) is 110 Å². The standard InChI is InChI=1S/C19H41O4P/c1-3-5-6-7-8-9-12-15-18-24(21,22)23-17-14-11-10-13-16-19(20)4-2/h19-20H,3-18H2,1-2H3,(H,21,22). The second kappa shape index (κ2) is 16.6. The van der Waals surface area contributed by atoms with E-state index in [1.165, 1.54) is 32.1 Å². The van der Waals surface area contributed by atoms with E-state index in [1.54, 1.807) is 0 Å². The molecule has 2 unspecified atom stereocenters. The number of hydrogen-bond acceptors (Lipinski definition) is 3. The smallest absolute Gasteiger partial charge is 0.328 e. The zero-order valence-electron chi connectivity index (χ0n) is 16.0. The fraction of sp³-hybridized carbons (Fsp3) is 1.00. The first-order valence-electron chi connectivity index (χ1n) is 10.2. The second-order valence-electron chi connectivity index (χ2n) is 6.93. The number of unbranched alkanes of at least 4 members (excludes halogenated alkanes) is 10. The van der Waals surface area contributed by atoms with Gasteiger partial charge >= 0.3 is 7.60 Å². The Morgan fingerprint density at radius 1 is 0.833 bits per heavy atom. The molecule has 0 saturated heterocycles. The van der Waals surface area contributed by atoms with Crippen molar-refractivity contribution in [1.29, 1.82) is 0 Å². The Kier molecular flexibility index (Phi) is 16.6. The molecule has 24 heavy (non-hydrogen) atoms. The van der Waals surface area contributed by atoms with Gasteiger partial charge in [0.25, 0.3) is 0 Å². The molecule has 4 nitrogen and oxygen atoms in total. The van der Waals surface area contributed by atoms with E-state index in [-0.39, 0.29) is 6.10 Å². The Morgan fingerprint density at radius 2 is 1.38 bits per heavy atom. The van der Waals surface area contributed by atoms with Crippen molar-refractivity contribution in [3.05, 3.63) is 0 Å². The van der Waals surface area contributed by atoms with Gasteiger partial charge in [-0.3, -0.25) is 4.57 Å². The maximum absolute atomic E-state index is 11.9. The minimum atomic E-state index is -3.37. The molecule has 0 spiro atoms. The minimum Gasteiger partial charge on any atom is -0.393 e. The SMILES string of the molecule is CCCCCCCCCCP(=O)(O)OCCCCCCC(O)CC. The summed E-state index contributed by atoms with van der Waals surface area (Å²) in [6.07, 6.45) is 15.1. The molecule has 0 aromatic heterocycles. The third kappa shape index (κ3) is 17.0. The monoisotopic (exact) mass is 364 g/mol. The number of aliphatic hydroxyl groups is 1. The van der Waals surface area contributed by atoms with Gasteiger partial charge in [-0.2, -0.15) is 0 Å². The maximum atomic E-state index is 11.9. The van der Waals surface area contributed by atoms with Crippen molar-refractivity contribution in [2.24, 2.45) is 0 Å². The van der Waals surface area contributed by atoms with Crippen LogP contribution in [0, 0.1) is 0 Å². The zero-order valence-corrected chi connectivity index (χ0v) is 16.9. The molecule has 5 heteroatoms. The van der Waals surface area contributed by atoms with Crippen LogP contribution < -0.4 is 0 Å². The predicted molar refractivity (Wildman–Crippen MR) is 103 cm³/mol. The van der Waals surface area contributed by atoms with E-state index < -0.39 is 7.60 Å². The van der Waals surface area contributed by atoms with Crippen molar-refractivity contribution in [2.75, 3.05) is 12.8 Å². The lowest BCUT2D eigenvalue weighted by atomic mass is 10.1. The Morgan fingerprint density at radius 3 is 2.00 bits per heavy atom. The van der Waals surface area contributed by atoms with Crippen molar-refractivity contribution < 1.29 is 19.1 Å². The van der Waals surface area contributed by atoms with Crippen LogP contribution in [-0.4, -0.2) is 28.9 Å². The third-order valence-corrected chi connectivity index (χ3v) is 5.96. The molecule has 2 N–H and O–H groups in total. The molecule has 0 rings (SSSR count). The van der Waals surface area contributed by atoms with Crippen LogP contribution in [0.3, 0.4) is 0 Å². The van der Waals surface area contributed by atoms with Gasteiger partial charge in [-0.25, -0.2) is 0 Å². The van der Waals surface area contributed by atoms with Gasteiger partial charge in [0.1, 0.15) is 0 Å². The number of rotatable bonds is 18. The van der Waals surface area contributed by atoms with Crippen LogP contribution in [-0.2, 0) is 9.09 Å². The van der Waals surface area contributed by atoms with Gasteiger partial charge in [0, 0.05) is 6.16 Å². The van der Waals surface area contributed by atoms with E-state index in [2.05, 4.69) is 6.92 Å². The quantitative estimate of drug-likeness (QED) is 0.229. The van der Waals surface area contributed by atoms with Crippen molar-refractivity contribution >= 4 is 7.60 Å². The first-order valence-corrected chi connectivity index (χ1v) is 11.9. The van der Waals surface area contributed by atoms with Crippen LogP contribution in [0.15, 0.2) is 0 Å². The molecule has 0 fully saturated rings. The van der Waals surface area contributed by atoms with Crippen LogP contribution in [0.5, 0.6) is 0 Å². The molecule has 0 bridgehead atoms. The van der Waals surface area contributed by atoms with Gasteiger partial charge in [0.05, 0.1) is 12.7 Å². The van der Waals surface area contributed by atoms with Crippen molar-refractivity contribution in [1.82, 2.24) is 0 Å². The van der Waals surface area contributed by atoms with E-state index in [9.17, 15) is 14.6 Å². The summed E-state index contributed by atoms with van der Waals surface area (Å²) in [5.74, 6) is 0. The molecule has 0 heterocycles. The summed E-state index contributed by atoms with van der Waals surface area (Å²) in [5, 5.41) is 9.45. The lowest BCUT2D eigenvalue weighted by Crippen LogP contribution is -2.03. The van der Waals surface area contributed by atoms with Gasteiger partial charge < -0.3 is 14.5 Å². The fourth-order valence-corrected chi connectivity index (χ4v) is 3.92. The van der Waals surface area contributed by atoms with Gasteiger partial charge in [-0.05, 0) is 25.7 Å². The molecule has 0 radical (unpaired) electrons. The highest BCUT2D eigenvalue weighted by molar-refractivity contribution is 7.52. The summed E-state index contributed by atoms with van der Waals surface area (Å²) in [6.45, 7) is 4.58. The van der Waals surface area contributed by atoms with Gasteiger partial charge in [-0.1, -0.05) is 78.1 Å². The molecular formula is C19H41O4P. The Bertz CT molecular complexity index is 310. The van der Waals surface area contributed by atoms with Crippen molar-refractivity contribution in [3.63, 3.8) is 0 Å². The average Bonchev–Trinajstić information content (AvgIpc) is 2.56. The van der Waals surface area contributed by atoms with Crippen LogP contribution in [0.25, 0.3) is 0 Å². The summed E-state index contributed by atoms with van der Waals surface area (Å²) in [6, 6.07) is 0. The van der Waals surface area contributed by atoms with Gasteiger partial charge in [0.2, 0.25) is 0 Å². The molecule has 146 valence electrons. The number of hydrogen-bond donors (Lipinski definition) is 2. The lowest BCUT2D eigenvalue weighted by Gasteiger charge is -2.12. The molecule has 0 aliphatic heterocycles. The Hall–Kier alpha value is 0.110. The highest BCUT2D eigenvalue weighted by atomic mass is 31.2. The normalized spacial score (nSPS) is 15.3. The molecule has 0 amide bonds. The highest BCUT2D eigenvalue weighted by Gasteiger charge is 2.17. The van der Waals surface area contributed by atoms with Crippen molar-refractivity contribution in [3.8, 4) is 0 Å². The fourth-order valence-electron chi connectivity index (χ4n) is 2.76. The van der Waals surface area contributed by atoms with Gasteiger partial charge in [0.15, 0.2) is 0 Å². The van der Waals surface area contributed by atoms with E-state index in [4.69, 9.17) is 4.52 Å². The van der Waals surface area contributed by atoms with E-state index in [0.29, 0.717) is 12.8 Å². The summed E-state index contributed by atoms with van der Waals surface area (Å²) >= 11 is 0. The minimum absolute atomic E-state index is 0.175. The molecule has 0 aliphatic carbocycles. The van der Waals surface area contributed by atoms with E-state index >= 15 is 0 Å². The molecule has 0 aromatic rings.